The Morgan fingerprint density at radius 2 is 2.22 bits per heavy atom. The molecule has 3 heterocycles. The molecule has 0 spiro atoms. The number of anilines is 2. The van der Waals surface area contributed by atoms with Crippen LogP contribution in [0, 0.1) is 12.8 Å². The fourth-order valence-electron chi connectivity index (χ4n) is 3.09. The highest BCUT2D eigenvalue weighted by molar-refractivity contribution is 8.00. The number of amides is 1. The minimum absolute atomic E-state index is 0.114. The number of hydrogen-bond donors (Lipinski definition) is 1. The van der Waals surface area contributed by atoms with E-state index in [0.29, 0.717) is 24.5 Å². The molecule has 1 fully saturated rings. The highest BCUT2D eigenvalue weighted by Crippen LogP contribution is 2.37. The standard InChI is InChI=1S/C17H19F3N4OS2/c1-10-15(26-2)27-16(22-10)23-14(25)11-5-4-8-24(9-11)13-12(17(18,19)20)6-3-7-21-13/h3,6-7,11H,4-5,8-9H2,1-2H3,(H,22,23,25). The van der Waals surface area contributed by atoms with Crippen LogP contribution in [0.25, 0.3) is 0 Å². The predicted octanol–water partition coefficient (Wildman–Crippen LogP) is 4.44. The Morgan fingerprint density at radius 3 is 2.89 bits per heavy atom. The molecule has 1 atom stereocenters. The van der Waals surface area contributed by atoms with Crippen molar-refractivity contribution in [2.45, 2.75) is 30.2 Å². The molecule has 5 nitrogen and oxygen atoms in total. The van der Waals surface area contributed by atoms with Crippen LogP contribution in [0.2, 0.25) is 0 Å². The van der Waals surface area contributed by atoms with Gasteiger partial charge in [-0.25, -0.2) is 9.97 Å². The van der Waals surface area contributed by atoms with Gasteiger partial charge >= 0.3 is 6.18 Å². The number of carbonyl (C=O) groups is 1. The van der Waals surface area contributed by atoms with Gasteiger partial charge in [-0.1, -0.05) is 11.3 Å². The molecule has 1 unspecified atom stereocenters. The van der Waals surface area contributed by atoms with E-state index >= 15 is 0 Å². The maximum atomic E-state index is 13.3. The number of nitrogens with one attached hydrogen (secondary N) is 1. The number of piperidine rings is 1. The average Bonchev–Trinajstić information content (AvgIpc) is 3.00. The first-order valence-corrected chi connectivity index (χ1v) is 10.4. The smallest absolute Gasteiger partial charge is 0.355 e. The lowest BCUT2D eigenvalue weighted by molar-refractivity contribution is -0.137. The van der Waals surface area contributed by atoms with Crippen molar-refractivity contribution in [3.05, 3.63) is 29.6 Å². The summed E-state index contributed by atoms with van der Waals surface area (Å²) in [6.07, 6.45) is 0.0490. The summed E-state index contributed by atoms with van der Waals surface area (Å²) in [4.78, 5) is 22.4. The van der Waals surface area contributed by atoms with Gasteiger partial charge < -0.3 is 10.2 Å². The van der Waals surface area contributed by atoms with Crippen molar-refractivity contribution in [1.82, 2.24) is 9.97 Å². The molecule has 2 aromatic heterocycles. The summed E-state index contributed by atoms with van der Waals surface area (Å²) in [5, 5.41) is 3.33. The molecule has 1 amide bonds. The van der Waals surface area contributed by atoms with E-state index in [1.807, 2.05) is 13.2 Å². The van der Waals surface area contributed by atoms with Gasteiger partial charge in [0.2, 0.25) is 5.91 Å². The van der Waals surface area contributed by atoms with E-state index in [4.69, 9.17) is 0 Å². The summed E-state index contributed by atoms with van der Waals surface area (Å²) >= 11 is 2.96. The molecule has 1 saturated heterocycles. The largest absolute Gasteiger partial charge is 0.419 e. The molecule has 3 rings (SSSR count). The van der Waals surface area contributed by atoms with Crippen molar-refractivity contribution in [3.8, 4) is 0 Å². The minimum atomic E-state index is -4.48. The first kappa shape index (κ1) is 19.9. The second kappa shape index (κ2) is 8.05. The Kier molecular flexibility index (Phi) is 5.95. The number of aryl methyl sites for hydroxylation is 1. The van der Waals surface area contributed by atoms with Crippen molar-refractivity contribution in [2.75, 3.05) is 29.6 Å². The van der Waals surface area contributed by atoms with Crippen molar-refractivity contribution >= 4 is 40.0 Å². The van der Waals surface area contributed by atoms with Crippen LogP contribution < -0.4 is 10.2 Å². The van der Waals surface area contributed by atoms with Crippen LogP contribution in [0.4, 0.5) is 24.1 Å². The van der Waals surface area contributed by atoms with Gasteiger partial charge in [0.25, 0.3) is 0 Å². The fourth-order valence-corrected chi connectivity index (χ4v) is 4.70. The second-order valence-electron chi connectivity index (χ2n) is 6.24. The number of aromatic nitrogens is 2. The SMILES string of the molecule is CSc1sc(NC(=O)C2CCCN(c3ncccc3C(F)(F)F)C2)nc1C. The summed E-state index contributed by atoms with van der Waals surface area (Å²) in [5.74, 6) is -0.744. The van der Waals surface area contributed by atoms with Gasteiger partial charge in [0.1, 0.15) is 5.82 Å². The number of hydrogen-bond acceptors (Lipinski definition) is 6. The average molecular weight is 416 g/mol. The molecule has 27 heavy (non-hydrogen) atoms. The number of alkyl halides is 3. The fraction of sp³-hybridized carbons (Fsp3) is 0.471. The van der Waals surface area contributed by atoms with E-state index in [1.165, 1.54) is 23.6 Å². The lowest BCUT2D eigenvalue weighted by atomic mass is 9.97. The van der Waals surface area contributed by atoms with Crippen LogP contribution in [0.1, 0.15) is 24.1 Å². The van der Waals surface area contributed by atoms with Crippen molar-refractivity contribution in [1.29, 1.82) is 0 Å². The molecule has 1 aliphatic rings. The lowest BCUT2D eigenvalue weighted by Crippen LogP contribution is -2.42. The molecular formula is C17H19F3N4OS2. The molecule has 0 aliphatic carbocycles. The normalized spacial score (nSPS) is 17.8. The Labute approximate surface area is 163 Å². The molecule has 1 aliphatic heterocycles. The Morgan fingerprint density at radius 1 is 1.44 bits per heavy atom. The number of nitrogens with zero attached hydrogens (tertiary/aromatic N) is 3. The van der Waals surface area contributed by atoms with Crippen LogP contribution in [0.15, 0.2) is 22.5 Å². The zero-order valence-corrected chi connectivity index (χ0v) is 16.5. The van der Waals surface area contributed by atoms with E-state index in [2.05, 4.69) is 15.3 Å². The van der Waals surface area contributed by atoms with Crippen molar-refractivity contribution in [3.63, 3.8) is 0 Å². The highest BCUT2D eigenvalue weighted by atomic mass is 32.2. The highest BCUT2D eigenvalue weighted by Gasteiger charge is 2.37. The number of rotatable bonds is 4. The third-order valence-corrected chi connectivity index (χ3v) is 6.64. The van der Waals surface area contributed by atoms with Gasteiger partial charge in [-0.3, -0.25) is 4.79 Å². The molecular weight excluding hydrogens is 397 g/mol. The van der Waals surface area contributed by atoms with Crippen molar-refractivity contribution < 1.29 is 18.0 Å². The number of carbonyl (C=O) groups excluding carboxylic acids is 1. The maximum Gasteiger partial charge on any atom is 0.419 e. The van der Waals surface area contributed by atoms with Crippen LogP contribution in [0.3, 0.4) is 0 Å². The summed E-state index contributed by atoms with van der Waals surface area (Å²) in [5.41, 5.74) is 0.0857. The van der Waals surface area contributed by atoms with Crippen molar-refractivity contribution in [2.24, 2.45) is 5.92 Å². The summed E-state index contributed by atoms with van der Waals surface area (Å²) < 4.78 is 40.8. The summed E-state index contributed by atoms with van der Waals surface area (Å²) in [6, 6.07) is 2.29. The van der Waals surface area contributed by atoms with E-state index in [0.717, 1.165) is 16.0 Å². The molecule has 10 heteroatoms. The predicted molar refractivity (Wildman–Crippen MR) is 101 cm³/mol. The molecule has 2 aromatic rings. The third-order valence-electron chi connectivity index (χ3n) is 4.35. The van der Waals surface area contributed by atoms with Crippen LogP contribution in [-0.2, 0) is 11.0 Å². The number of thiazole rings is 1. The number of pyridine rings is 1. The summed E-state index contributed by atoms with van der Waals surface area (Å²) in [6.45, 7) is 2.52. The van der Waals surface area contributed by atoms with E-state index in [1.54, 1.807) is 16.7 Å². The minimum Gasteiger partial charge on any atom is -0.355 e. The molecule has 0 bridgehead atoms. The lowest BCUT2D eigenvalue weighted by Gasteiger charge is -2.34. The number of halogens is 3. The van der Waals surface area contributed by atoms with Gasteiger partial charge in [0, 0.05) is 19.3 Å². The first-order valence-electron chi connectivity index (χ1n) is 8.39. The maximum absolute atomic E-state index is 13.3. The Hall–Kier alpha value is -1.81. The van der Waals surface area contributed by atoms with Gasteiger partial charge in [-0.2, -0.15) is 13.2 Å². The van der Waals surface area contributed by atoms with Crippen LogP contribution in [0.5, 0.6) is 0 Å². The second-order valence-corrected chi connectivity index (χ2v) is 8.32. The van der Waals surface area contributed by atoms with E-state index in [9.17, 15) is 18.0 Å². The first-order chi connectivity index (χ1) is 12.8. The molecule has 0 saturated carbocycles. The zero-order chi connectivity index (χ0) is 19.6. The third kappa shape index (κ3) is 4.55. The molecule has 0 radical (unpaired) electrons. The topological polar surface area (TPSA) is 58.1 Å². The van der Waals surface area contributed by atoms with Gasteiger partial charge in [-0.15, -0.1) is 11.8 Å². The van der Waals surface area contributed by atoms with E-state index in [-0.39, 0.29) is 18.3 Å². The number of thioether (sulfide) groups is 1. The monoisotopic (exact) mass is 416 g/mol. The van der Waals surface area contributed by atoms with Crippen LogP contribution >= 0.6 is 23.1 Å². The van der Waals surface area contributed by atoms with Gasteiger partial charge in [0.15, 0.2) is 5.13 Å². The van der Waals surface area contributed by atoms with Gasteiger partial charge in [-0.05, 0) is 38.2 Å². The quantitative estimate of drug-likeness (QED) is 0.747. The van der Waals surface area contributed by atoms with Crippen LogP contribution in [-0.4, -0.2) is 35.2 Å². The van der Waals surface area contributed by atoms with E-state index < -0.39 is 17.7 Å². The molecule has 1 N–H and O–H groups in total. The molecule has 0 aromatic carbocycles. The Bertz CT molecular complexity index is 825. The molecule has 146 valence electrons. The van der Waals surface area contributed by atoms with Gasteiger partial charge in [0.05, 0.1) is 21.4 Å². The Balaban J connectivity index is 1.73. The summed E-state index contributed by atoms with van der Waals surface area (Å²) in [7, 11) is 0. The zero-order valence-electron chi connectivity index (χ0n) is 14.8.